The maximum Gasteiger partial charge on any atom is 0.371 e. The Balaban J connectivity index is 1.93. The summed E-state index contributed by atoms with van der Waals surface area (Å²) in [6, 6.07) is 3.07. The number of nitrogens with two attached hydrogens (primary N) is 1. The van der Waals surface area contributed by atoms with Crippen LogP contribution in [0, 0.1) is 5.92 Å². The Morgan fingerprint density at radius 3 is 2.82 bits per heavy atom. The molecule has 6 nitrogen and oxygen atoms in total. The van der Waals surface area contributed by atoms with Gasteiger partial charge in [0.05, 0.1) is 12.5 Å². The molecule has 6 heteroatoms. The maximum atomic E-state index is 11.0. The number of hydrogen-bond acceptors (Lipinski definition) is 4. The zero-order valence-corrected chi connectivity index (χ0v) is 9.26. The lowest BCUT2D eigenvalue weighted by Gasteiger charge is -2.12. The Hall–Kier alpha value is -1.82. The Kier molecular flexibility index (Phi) is 3.14. The van der Waals surface area contributed by atoms with E-state index in [0.29, 0.717) is 18.8 Å². The highest BCUT2D eigenvalue weighted by atomic mass is 16.4. The summed E-state index contributed by atoms with van der Waals surface area (Å²) in [7, 11) is 0. The Labute approximate surface area is 98.0 Å². The molecule has 17 heavy (non-hydrogen) atoms. The van der Waals surface area contributed by atoms with Gasteiger partial charge >= 0.3 is 5.97 Å². The lowest BCUT2D eigenvalue weighted by atomic mass is 10.1. The standard InChI is InChI=1S/C11H14N2O4/c12-10(14)7-3-4-13(5-7)6-8-1-2-9(17-8)11(15)16/h1-2,7H,3-6H2,(H2,12,14)(H,15,16). The quantitative estimate of drug-likeness (QED) is 0.785. The first-order chi connectivity index (χ1) is 8.06. The molecule has 1 aliphatic heterocycles. The fourth-order valence-electron chi connectivity index (χ4n) is 2.01. The van der Waals surface area contributed by atoms with Crippen LogP contribution in [0.5, 0.6) is 0 Å². The third-order valence-electron chi connectivity index (χ3n) is 2.93. The molecule has 1 unspecified atom stereocenters. The zero-order valence-electron chi connectivity index (χ0n) is 9.26. The highest BCUT2D eigenvalue weighted by Gasteiger charge is 2.27. The molecule has 0 aromatic carbocycles. The Morgan fingerprint density at radius 1 is 1.53 bits per heavy atom. The van der Waals surface area contributed by atoms with Gasteiger partial charge in [-0.15, -0.1) is 0 Å². The molecule has 1 aliphatic rings. The number of nitrogens with zero attached hydrogens (tertiary/aromatic N) is 1. The summed E-state index contributed by atoms with van der Waals surface area (Å²) in [6.07, 6.45) is 0.752. The van der Waals surface area contributed by atoms with Gasteiger partial charge in [0.25, 0.3) is 0 Å². The average Bonchev–Trinajstić information content (AvgIpc) is 2.87. The van der Waals surface area contributed by atoms with Gasteiger partial charge in [-0.25, -0.2) is 4.79 Å². The van der Waals surface area contributed by atoms with E-state index in [1.807, 2.05) is 4.90 Å². The predicted molar refractivity (Wildman–Crippen MR) is 58.2 cm³/mol. The van der Waals surface area contributed by atoms with Crippen LogP contribution in [0.2, 0.25) is 0 Å². The predicted octanol–water partition coefficient (Wildman–Crippen LogP) is 0.285. The molecule has 0 bridgehead atoms. The maximum absolute atomic E-state index is 11.0. The first-order valence-electron chi connectivity index (χ1n) is 5.40. The fraction of sp³-hybridized carbons (Fsp3) is 0.455. The first-order valence-corrected chi connectivity index (χ1v) is 5.40. The minimum Gasteiger partial charge on any atom is -0.475 e. The van der Waals surface area contributed by atoms with Crippen LogP contribution < -0.4 is 5.73 Å². The van der Waals surface area contributed by atoms with Crippen molar-refractivity contribution in [2.75, 3.05) is 13.1 Å². The molecule has 0 saturated carbocycles. The third kappa shape index (κ3) is 2.65. The van der Waals surface area contributed by atoms with Gasteiger partial charge in [0, 0.05) is 6.54 Å². The summed E-state index contributed by atoms with van der Waals surface area (Å²) in [6.45, 7) is 1.90. The molecule has 1 saturated heterocycles. The van der Waals surface area contributed by atoms with E-state index >= 15 is 0 Å². The van der Waals surface area contributed by atoms with Gasteiger partial charge in [-0.05, 0) is 25.1 Å². The molecule has 1 atom stereocenters. The molecule has 1 aromatic rings. The number of carbonyl (C=O) groups excluding carboxylic acids is 1. The molecule has 1 fully saturated rings. The molecule has 2 heterocycles. The van der Waals surface area contributed by atoms with Crippen LogP contribution >= 0.6 is 0 Å². The number of furan rings is 1. The van der Waals surface area contributed by atoms with Crippen molar-refractivity contribution in [1.82, 2.24) is 4.90 Å². The zero-order chi connectivity index (χ0) is 12.4. The number of carboxylic acid groups (broad SMARTS) is 1. The molecular formula is C11H14N2O4. The lowest BCUT2D eigenvalue weighted by Crippen LogP contribution is -2.27. The van der Waals surface area contributed by atoms with E-state index in [4.69, 9.17) is 15.3 Å². The minimum atomic E-state index is -1.08. The second-order valence-electron chi connectivity index (χ2n) is 4.19. The minimum absolute atomic E-state index is 0.0642. The van der Waals surface area contributed by atoms with Gasteiger partial charge in [-0.2, -0.15) is 0 Å². The number of hydrogen-bond donors (Lipinski definition) is 2. The summed E-state index contributed by atoms with van der Waals surface area (Å²) in [5, 5.41) is 8.71. The van der Waals surface area contributed by atoms with Crippen LogP contribution in [0.3, 0.4) is 0 Å². The molecule has 1 aromatic heterocycles. The molecule has 0 spiro atoms. The number of carbonyl (C=O) groups is 2. The summed E-state index contributed by atoms with van der Waals surface area (Å²) in [5.41, 5.74) is 5.23. The first kappa shape index (κ1) is 11.7. The van der Waals surface area contributed by atoms with Crippen LogP contribution in [0.15, 0.2) is 16.5 Å². The highest BCUT2D eigenvalue weighted by molar-refractivity contribution is 5.84. The lowest BCUT2D eigenvalue weighted by molar-refractivity contribution is -0.121. The van der Waals surface area contributed by atoms with E-state index in [1.165, 1.54) is 6.07 Å². The van der Waals surface area contributed by atoms with Gasteiger partial charge in [-0.1, -0.05) is 0 Å². The van der Waals surface area contributed by atoms with Crippen molar-refractivity contribution >= 4 is 11.9 Å². The van der Waals surface area contributed by atoms with Gasteiger partial charge < -0.3 is 15.3 Å². The SMILES string of the molecule is NC(=O)C1CCN(Cc2ccc(C(=O)O)o2)C1. The number of aromatic carboxylic acids is 1. The molecular weight excluding hydrogens is 224 g/mol. The largest absolute Gasteiger partial charge is 0.475 e. The van der Waals surface area contributed by atoms with Crippen molar-refractivity contribution in [2.45, 2.75) is 13.0 Å². The normalized spacial score (nSPS) is 20.6. The summed E-state index contributed by atoms with van der Waals surface area (Å²) >= 11 is 0. The van der Waals surface area contributed by atoms with Gasteiger partial charge in [0.2, 0.25) is 11.7 Å². The Bertz CT molecular complexity index is 440. The van der Waals surface area contributed by atoms with Crippen molar-refractivity contribution in [2.24, 2.45) is 11.7 Å². The fourth-order valence-corrected chi connectivity index (χ4v) is 2.01. The van der Waals surface area contributed by atoms with Gasteiger partial charge in [-0.3, -0.25) is 9.69 Å². The van der Waals surface area contributed by atoms with Crippen molar-refractivity contribution in [3.05, 3.63) is 23.7 Å². The average molecular weight is 238 g/mol. The van der Waals surface area contributed by atoms with Crippen LogP contribution in [-0.4, -0.2) is 35.0 Å². The summed E-state index contributed by atoms with van der Waals surface area (Å²) in [5.74, 6) is -0.937. The molecule has 0 radical (unpaired) electrons. The van der Waals surface area contributed by atoms with Crippen LogP contribution in [0.4, 0.5) is 0 Å². The van der Waals surface area contributed by atoms with Crippen LogP contribution in [-0.2, 0) is 11.3 Å². The number of primary amides is 1. The van der Waals surface area contributed by atoms with Crippen molar-refractivity contribution < 1.29 is 19.1 Å². The van der Waals surface area contributed by atoms with E-state index < -0.39 is 5.97 Å². The molecule has 0 aliphatic carbocycles. The molecule has 3 N–H and O–H groups in total. The van der Waals surface area contributed by atoms with Gasteiger partial charge in [0.15, 0.2) is 0 Å². The van der Waals surface area contributed by atoms with Gasteiger partial charge in [0.1, 0.15) is 5.76 Å². The van der Waals surface area contributed by atoms with Crippen LogP contribution in [0.1, 0.15) is 22.7 Å². The summed E-state index contributed by atoms with van der Waals surface area (Å²) < 4.78 is 5.15. The topological polar surface area (TPSA) is 96.8 Å². The second-order valence-corrected chi connectivity index (χ2v) is 4.19. The van der Waals surface area contributed by atoms with E-state index in [-0.39, 0.29) is 17.6 Å². The van der Waals surface area contributed by atoms with Crippen molar-refractivity contribution in [3.63, 3.8) is 0 Å². The number of rotatable bonds is 4. The second kappa shape index (κ2) is 4.58. The Morgan fingerprint density at radius 2 is 2.29 bits per heavy atom. The third-order valence-corrected chi connectivity index (χ3v) is 2.93. The monoisotopic (exact) mass is 238 g/mol. The highest BCUT2D eigenvalue weighted by Crippen LogP contribution is 2.19. The van der Waals surface area contributed by atoms with Crippen LogP contribution in [0.25, 0.3) is 0 Å². The molecule has 1 amide bonds. The molecule has 92 valence electrons. The number of amides is 1. The van der Waals surface area contributed by atoms with Crippen molar-refractivity contribution in [1.29, 1.82) is 0 Å². The van der Waals surface area contributed by atoms with Crippen molar-refractivity contribution in [3.8, 4) is 0 Å². The van der Waals surface area contributed by atoms with E-state index in [2.05, 4.69) is 0 Å². The smallest absolute Gasteiger partial charge is 0.371 e. The van der Waals surface area contributed by atoms with E-state index in [1.54, 1.807) is 6.07 Å². The molecule has 2 rings (SSSR count). The summed E-state index contributed by atoms with van der Waals surface area (Å²) in [4.78, 5) is 23.6. The van der Waals surface area contributed by atoms with E-state index in [9.17, 15) is 9.59 Å². The van der Waals surface area contributed by atoms with E-state index in [0.717, 1.165) is 13.0 Å². The number of likely N-dealkylation sites (tertiary alicyclic amines) is 1. The number of carboxylic acids is 1.